The molecule has 0 saturated carbocycles. The zero-order valence-electron chi connectivity index (χ0n) is 40.5. The lowest BCUT2D eigenvalue weighted by Gasteiger charge is -2.30. The highest BCUT2D eigenvalue weighted by molar-refractivity contribution is 5.99. The number of phenolic OH excluding ortho intramolecular Hbond substituents is 1. The summed E-state index contributed by atoms with van der Waals surface area (Å²) in [7, 11) is 0. The van der Waals surface area contributed by atoms with Crippen LogP contribution in [0.25, 0.3) is 0 Å². The van der Waals surface area contributed by atoms with Crippen LogP contribution < -0.4 is 53.6 Å². The van der Waals surface area contributed by atoms with Gasteiger partial charge in [0.05, 0.1) is 25.5 Å². The predicted octanol–water partition coefficient (Wildman–Crippen LogP) is -3.86. The zero-order valence-corrected chi connectivity index (χ0v) is 40.5. The van der Waals surface area contributed by atoms with E-state index in [0.717, 1.165) is 6.92 Å². The van der Waals surface area contributed by atoms with Gasteiger partial charge in [0.15, 0.2) is 0 Å². The molecule has 0 radical (unpaired) electrons. The third-order valence-corrected chi connectivity index (χ3v) is 10.2. The molecule has 0 aliphatic rings. The van der Waals surface area contributed by atoms with E-state index in [9.17, 15) is 78.0 Å². The standard InChI is InChI=1S/C44H68N10O16/c1-19(2)14-30(44(69)70)51-40(65)29(17-33(60)61)49-39(64)28(16-31(45)58)50-41(66)34(20(3)4)53-42(67)35(21(5)6)54-43(68)36(23(8)55)52-32(59)18-46-37(62)22(7)47-38(63)27(48-24(9)56)15-25-10-12-26(57)13-11-25/h10-13,19-23,27-30,34-36,55,57H,14-18H2,1-9H3,(H2,45,58)(H,46,62)(H,47,63)(H,48,56)(H,49,64)(H,50,66)(H,51,65)(H,52,59)(H,53,67)(H,54,68)(H,60,61)(H,69,70)/t22-,23+,27-,28-,29-,30-,34+,35-,36-/m0/s1. The summed E-state index contributed by atoms with van der Waals surface area (Å²) in [6, 6.07) is -6.27. The van der Waals surface area contributed by atoms with Crippen molar-refractivity contribution in [3.63, 3.8) is 0 Å². The molecule has 0 bridgehead atoms. The number of aliphatic hydroxyl groups excluding tert-OH is 1. The minimum atomic E-state index is -1.87. The monoisotopic (exact) mass is 992 g/mol. The van der Waals surface area contributed by atoms with Crippen molar-refractivity contribution < 1.29 is 78.0 Å². The number of carbonyl (C=O) groups is 12. The van der Waals surface area contributed by atoms with Crippen LogP contribution in [0.5, 0.6) is 5.75 Å². The van der Waals surface area contributed by atoms with Gasteiger partial charge in [0, 0.05) is 13.3 Å². The highest BCUT2D eigenvalue weighted by Crippen LogP contribution is 2.13. The molecule has 10 amide bonds. The van der Waals surface area contributed by atoms with Crippen molar-refractivity contribution >= 4 is 71.0 Å². The lowest BCUT2D eigenvalue weighted by Crippen LogP contribution is -2.62. The Labute approximate surface area is 404 Å². The van der Waals surface area contributed by atoms with Crippen LogP contribution in [0.1, 0.15) is 87.1 Å². The van der Waals surface area contributed by atoms with Gasteiger partial charge >= 0.3 is 11.9 Å². The molecule has 390 valence electrons. The van der Waals surface area contributed by atoms with E-state index in [0.29, 0.717) is 5.56 Å². The first-order valence-corrected chi connectivity index (χ1v) is 22.3. The Morgan fingerprint density at radius 3 is 1.44 bits per heavy atom. The third-order valence-electron chi connectivity index (χ3n) is 10.2. The number of carboxylic acids is 2. The minimum absolute atomic E-state index is 0.0120. The van der Waals surface area contributed by atoms with E-state index in [1.165, 1.54) is 53.7 Å². The molecule has 70 heavy (non-hydrogen) atoms. The highest BCUT2D eigenvalue weighted by Gasteiger charge is 2.37. The van der Waals surface area contributed by atoms with Crippen LogP contribution >= 0.6 is 0 Å². The van der Waals surface area contributed by atoms with Crippen LogP contribution in [-0.4, -0.2) is 152 Å². The number of hydrogen-bond donors (Lipinski definition) is 14. The normalized spacial score (nSPS) is 14.9. The van der Waals surface area contributed by atoms with Gasteiger partial charge in [0.25, 0.3) is 0 Å². The Balaban J connectivity index is 3.10. The van der Waals surface area contributed by atoms with Gasteiger partial charge < -0.3 is 74.0 Å². The molecular formula is C44H68N10O16. The number of carboxylic acid groups (broad SMARTS) is 2. The average molecular weight is 993 g/mol. The number of carbonyl (C=O) groups excluding carboxylic acids is 10. The summed E-state index contributed by atoms with van der Waals surface area (Å²) in [5, 5.41) is 59.9. The Hall–Kier alpha value is -7.38. The minimum Gasteiger partial charge on any atom is -0.508 e. The second kappa shape index (κ2) is 28.8. The summed E-state index contributed by atoms with van der Waals surface area (Å²) in [5.74, 6) is -14.4. The molecule has 15 N–H and O–H groups in total. The number of hydrogen-bond acceptors (Lipinski definition) is 14. The lowest BCUT2D eigenvalue weighted by molar-refractivity contribution is -0.144. The van der Waals surface area contributed by atoms with Crippen molar-refractivity contribution in [2.45, 2.75) is 142 Å². The van der Waals surface area contributed by atoms with Crippen LogP contribution in [0, 0.1) is 17.8 Å². The molecule has 0 unspecified atom stereocenters. The fraction of sp³-hybridized carbons (Fsp3) is 0.591. The molecule has 1 aromatic carbocycles. The van der Waals surface area contributed by atoms with Gasteiger partial charge in [-0.05, 0) is 55.7 Å². The number of rotatable bonds is 29. The van der Waals surface area contributed by atoms with Crippen molar-refractivity contribution in [2.24, 2.45) is 23.5 Å². The maximum absolute atomic E-state index is 13.7. The SMILES string of the molecule is CC(=O)N[C@@H](Cc1ccc(O)cc1)C(=O)N[C@@H](C)C(=O)NCC(=O)N[C@H](C(=O)N[C@H](C(=O)N[C@@H](C(=O)N[C@@H](CC(N)=O)C(=O)N[C@@H](CC(=O)O)C(=O)N[C@@H](CC(C)C)C(=O)O)C(C)C)C(C)C)[C@@H](C)O. The first-order chi connectivity index (χ1) is 32.4. The molecule has 1 aromatic rings. The van der Waals surface area contributed by atoms with E-state index in [4.69, 9.17) is 5.73 Å². The molecule has 0 spiro atoms. The fourth-order valence-corrected chi connectivity index (χ4v) is 6.50. The number of primary amides is 1. The Morgan fingerprint density at radius 1 is 0.543 bits per heavy atom. The number of aliphatic hydroxyl groups is 1. The van der Waals surface area contributed by atoms with Crippen LogP contribution in [0.2, 0.25) is 0 Å². The van der Waals surface area contributed by atoms with Gasteiger partial charge in [-0.1, -0.05) is 53.7 Å². The van der Waals surface area contributed by atoms with E-state index in [-0.39, 0.29) is 24.5 Å². The van der Waals surface area contributed by atoms with Crippen LogP contribution in [0.15, 0.2) is 24.3 Å². The van der Waals surface area contributed by atoms with Gasteiger partial charge in [-0.15, -0.1) is 0 Å². The van der Waals surface area contributed by atoms with Crippen molar-refractivity contribution in [3.05, 3.63) is 29.8 Å². The largest absolute Gasteiger partial charge is 0.508 e. The molecule has 0 aromatic heterocycles. The third kappa shape index (κ3) is 21.7. The van der Waals surface area contributed by atoms with E-state index < -0.39 is 157 Å². The molecule has 0 aliphatic carbocycles. The van der Waals surface area contributed by atoms with Gasteiger partial charge in [-0.2, -0.15) is 0 Å². The van der Waals surface area contributed by atoms with Crippen LogP contribution in [-0.2, 0) is 64.0 Å². The average Bonchev–Trinajstić information content (AvgIpc) is 3.23. The zero-order chi connectivity index (χ0) is 53.7. The summed E-state index contributed by atoms with van der Waals surface area (Å²) >= 11 is 0. The van der Waals surface area contributed by atoms with E-state index in [1.54, 1.807) is 26.0 Å². The molecule has 0 heterocycles. The van der Waals surface area contributed by atoms with Gasteiger partial charge in [-0.25, -0.2) is 4.79 Å². The molecule has 0 fully saturated rings. The fourth-order valence-electron chi connectivity index (χ4n) is 6.50. The van der Waals surface area contributed by atoms with Crippen LogP contribution in [0.4, 0.5) is 0 Å². The van der Waals surface area contributed by atoms with Crippen molar-refractivity contribution in [1.82, 2.24) is 47.9 Å². The Bertz CT molecular complexity index is 2060. The van der Waals surface area contributed by atoms with Gasteiger partial charge in [-0.3, -0.25) is 52.7 Å². The van der Waals surface area contributed by atoms with E-state index >= 15 is 0 Å². The number of aromatic hydroxyl groups is 1. The van der Waals surface area contributed by atoms with E-state index in [2.05, 4.69) is 47.9 Å². The van der Waals surface area contributed by atoms with E-state index in [1.807, 2.05) is 0 Å². The number of benzene rings is 1. The molecule has 26 nitrogen and oxygen atoms in total. The summed E-state index contributed by atoms with van der Waals surface area (Å²) in [4.78, 5) is 153. The van der Waals surface area contributed by atoms with Gasteiger partial charge in [0.2, 0.25) is 59.1 Å². The number of aliphatic carboxylic acids is 2. The van der Waals surface area contributed by atoms with Gasteiger partial charge in [0.1, 0.15) is 54.1 Å². The number of nitrogens with two attached hydrogens (primary N) is 1. The molecule has 1 rings (SSSR count). The molecule has 0 aliphatic heterocycles. The summed E-state index contributed by atoms with van der Waals surface area (Å²) < 4.78 is 0. The summed E-state index contributed by atoms with van der Waals surface area (Å²) in [6.07, 6.45) is -3.50. The second-order valence-electron chi connectivity index (χ2n) is 17.7. The predicted molar refractivity (Wildman–Crippen MR) is 246 cm³/mol. The van der Waals surface area contributed by atoms with Crippen molar-refractivity contribution in [2.75, 3.05) is 6.54 Å². The van der Waals surface area contributed by atoms with Crippen LogP contribution in [0.3, 0.4) is 0 Å². The topological polar surface area (TPSA) is 420 Å². The quantitative estimate of drug-likeness (QED) is 0.0365. The van der Waals surface area contributed by atoms with Crippen molar-refractivity contribution in [1.29, 1.82) is 0 Å². The first kappa shape index (κ1) is 60.6. The summed E-state index contributed by atoms with van der Waals surface area (Å²) in [6.45, 7) is 12.3. The first-order valence-electron chi connectivity index (χ1n) is 22.3. The molecule has 9 atom stereocenters. The smallest absolute Gasteiger partial charge is 0.326 e. The maximum Gasteiger partial charge on any atom is 0.326 e. The Kier molecular flexibility index (Phi) is 25.0. The molecule has 0 saturated heterocycles. The second-order valence-corrected chi connectivity index (χ2v) is 17.7. The highest BCUT2D eigenvalue weighted by atomic mass is 16.4. The maximum atomic E-state index is 13.7. The number of amides is 10. The lowest BCUT2D eigenvalue weighted by atomic mass is 9.98. The summed E-state index contributed by atoms with van der Waals surface area (Å²) in [5.41, 5.74) is 5.92. The Morgan fingerprint density at radius 2 is 1.00 bits per heavy atom. The molecular weight excluding hydrogens is 925 g/mol. The molecule has 26 heteroatoms. The van der Waals surface area contributed by atoms with Crippen molar-refractivity contribution in [3.8, 4) is 5.75 Å². The number of phenols is 1. The number of nitrogens with one attached hydrogen (secondary N) is 9.